The van der Waals surface area contributed by atoms with Crippen LogP contribution in [0.25, 0.3) is 22.5 Å². The van der Waals surface area contributed by atoms with Crippen molar-refractivity contribution in [3.05, 3.63) is 71.0 Å². The highest BCUT2D eigenvalue weighted by molar-refractivity contribution is 9.10. The third-order valence-corrected chi connectivity index (χ3v) is 4.50. The summed E-state index contributed by atoms with van der Waals surface area (Å²) in [6, 6.07) is 18.6. The Hall–Kier alpha value is -1.65. The maximum Gasteiger partial charge on any atom is 0.123 e. The molecule has 0 aliphatic heterocycles. The summed E-state index contributed by atoms with van der Waals surface area (Å²) >= 11 is 5.16. The van der Waals surface area contributed by atoms with E-state index in [1.165, 1.54) is 12.1 Å². The molecule has 2 aromatic carbocycles. The van der Waals surface area contributed by atoms with E-state index >= 15 is 0 Å². The molecule has 0 saturated carbocycles. The van der Waals surface area contributed by atoms with E-state index in [4.69, 9.17) is 4.98 Å². The number of hydrogen-bond donors (Lipinski definition) is 0. The molecule has 1 aromatic heterocycles. The predicted molar refractivity (Wildman–Crippen MR) is 94.5 cm³/mol. The van der Waals surface area contributed by atoms with Gasteiger partial charge in [-0.15, -0.1) is 11.8 Å². The quantitative estimate of drug-likeness (QED) is 0.519. The molecule has 0 radical (unpaired) electrons. The van der Waals surface area contributed by atoms with Gasteiger partial charge in [-0.25, -0.2) is 9.37 Å². The fraction of sp³-hybridized carbons (Fsp3) is 0.0556. The molecule has 4 heteroatoms. The number of rotatable bonds is 3. The normalized spacial score (nSPS) is 10.7. The third kappa shape index (κ3) is 3.39. The van der Waals surface area contributed by atoms with Gasteiger partial charge in [-0.1, -0.05) is 28.1 Å². The summed E-state index contributed by atoms with van der Waals surface area (Å²) in [4.78, 5) is 5.86. The number of aromatic nitrogens is 1. The molecule has 0 atom stereocenters. The molecule has 0 aliphatic carbocycles. The Bertz CT molecular complexity index is 802. The zero-order chi connectivity index (χ0) is 15.5. The Kier molecular flexibility index (Phi) is 4.60. The maximum atomic E-state index is 13.1. The number of nitrogens with zero attached hydrogens (tertiary/aromatic N) is 1. The van der Waals surface area contributed by atoms with Crippen molar-refractivity contribution < 1.29 is 4.39 Å². The van der Waals surface area contributed by atoms with Gasteiger partial charge >= 0.3 is 0 Å². The Balaban J connectivity index is 2.12. The van der Waals surface area contributed by atoms with Crippen LogP contribution in [-0.2, 0) is 0 Å². The van der Waals surface area contributed by atoms with Crippen molar-refractivity contribution in [2.45, 2.75) is 4.90 Å². The Morgan fingerprint density at radius 2 is 1.59 bits per heavy atom. The molecule has 0 fully saturated rings. The van der Waals surface area contributed by atoms with Gasteiger partial charge in [0.05, 0.1) is 11.4 Å². The van der Waals surface area contributed by atoms with Crippen LogP contribution in [0.5, 0.6) is 0 Å². The monoisotopic (exact) mass is 373 g/mol. The highest BCUT2D eigenvalue weighted by Gasteiger charge is 2.07. The number of halogens is 2. The largest absolute Gasteiger partial charge is 0.248 e. The molecule has 0 saturated heterocycles. The molecular formula is C18H13BrFNS. The molecule has 22 heavy (non-hydrogen) atoms. The van der Waals surface area contributed by atoms with E-state index in [2.05, 4.69) is 22.0 Å². The zero-order valence-electron chi connectivity index (χ0n) is 11.9. The fourth-order valence-electron chi connectivity index (χ4n) is 2.19. The fourth-order valence-corrected chi connectivity index (χ4v) is 3.05. The van der Waals surface area contributed by atoms with Gasteiger partial charge in [-0.2, -0.15) is 0 Å². The van der Waals surface area contributed by atoms with Crippen LogP contribution in [0, 0.1) is 5.82 Å². The summed E-state index contributed by atoms with van der Waals surface area (Å²) < 4.78 is 14.1. The van der Waals surface area contributed by atoms with Crippen LogP contribution in [0.4, 0.5) is 4.39 Å². The third-order valence-electron chi connectivity index (χ3n) is 3.29. The van der Waals surface area contributed by atoms with Crippen molar-refractivity contribution >= 4 is 27.7 Å². The Morgan fingerprint density at radius 3 is 2.23 bits per heavy atom. The van der Waals surface area contributed by atoms with E-state index in [9.17, 15) is 4.39 Å². The molecule has 0 bridgehead atoms. The topological polar surface area (TPSA) is 12.9 Å². The van der Waals surface area contributed by atoms with Crippen LogP contribution >= 0.6 is 27.7 Å². The van der Waals surface area contributed by atoms with E-state index in [0.717, 1.165) is 31.9 Å². The number of hydrogen-bond acceptors (Lipinski definition) is 2. The maximum absolute atomic E-state index is 13.1. The lowest BCUT2D eigenvalue weighted by Crippen LogP contribution is -1.90. The minimum atomic E-state index is -0.239. The summed E-state index contributed by atoms with van der Waals surface area (Å²) in [5, 5.41) is 0. The van der Waals surface area contributed by atoms with Crippen molar-refractivity contribution in [1.82, 2.24) is 4.98 Å². The highest BCUT2D eigenvalue weighted by atomic mass is 79.9. The van der Waals surface area contributed by atoms with Gasteiger partial charge in [-0.05, 0) is 54.8 Å². The van der Waals surface area contributed by atoms with Gasteiger partial charge in [0, 0.05) is 20.5 Å². The first-order chi connectivity index (χ1) is 10.7. The summed E-state index contributed by atoms with van der Waals surface area (Å²) in [5.41, 5.74) is 3.72. The Morgan fingerprint density at radius 1 is 0.909 bits per heavy atom. The molecule has 1 heterocycles. The molecule has 0 aliphatic rings. The van der Waals surface area contributed by atoms with Crippen molar-refractivity contribution in [3.8, 4) is 22.5 Å². The highest BCUT2D eigenvalue weighted by Crippen LogP contribution is 2.29. The van der Waals surface area contributed by atoms with Gasteiger partial charge in [0.2, 0.25) is 0 Å². The molecule has 0 spiro atoms. The summed E-state index contributed by atoms with van der Waals surface area (Å²) in [7, 11) is 0. The van der Waals surface area contributed by atoms with Gasteiger partial charge in [0.15, 0.2) is 0 Å². The predicted octanol–water partition coefficient (Wildman–Crippen LogP) is 6.04. The first-order valence-electron chi connectivity index (χ1n) is 6.73. The molecule has 1 nitrogen and oxygen atoms in total. The van der Waals surface area contributed by atoms with E-state index < -0.39 is 0 Å². The zero-order valence-corrected chi connectivity index (χ0v) is 14.3. The van der Waals surface area contributed by atoms with Crippen molar-refractivity contribution in [2.75, 3.05) is 6.26 Å². The van der Waals surface area contributed by atoms with Crippen LogP contribution in [0.2, 0.25) is 0 Å². The number of benzene rings is 2. The summed E-state index contributed by atoms with van der Waals surface area (Å²) in [5.74, 6) is -0.239. The lowest BCUT2D eigenvalue weighted by molar-refractivity contribution is 0.628. The average molecular weight is 374 g/mol. The molecular weight excluding hydrogens is 361 g/mol. The summed E-state index contributed by atoms with van der Waals surface area (Å²) in [6.07, 6.45) is 2.04. The van der Waals surface area contributed by atoms with Crippen LogP contribution in [0.3, 0.4) is 0 Å². The van der Waals surface area contributed by atoms with Crippen molar-refractivity contribution in [1.29, 1.82) is 0 Å². The van der Waals surface area contributed by atoms with E-state index in [0.29, 0.717) is 0 Å². The van der Waals surface area contributed by atoms with Crippen LogP contribution < -0.4 is 0 Å². The van der Waals surface area contributed by atoms with Crippen LogP contribution in [0.1, 0.15) is 0 Å². The lowest BCUT2D eigenvalue weighted by atomic mass is 10.1. The van der Waals surface area contributed by atoms with Gasteiger partial charge < -0.3 is 0 Å². The Labute approximate surface area is 141 Å². The van der Waals surface area contributed by atoms with Gasteiger partial charge in [0.1, 0.15) is 5.82 Å². The minimum Gasteiger partial charge on any atom is -0.248 e. The second-order valence-corrected chi connectivity index (χ2v) is 6.59. The average Bonchev–Trinajstić information content (AvgIpc) is 2.55. The van der Waals surface area contributed by atoms with Gasteiger partial charge in [0.25, 0.3) is 0 Å². The number of thioether (sulfide) groups is 1. The lowest BCUT2D eigenvalue weighted by Gasteiger charge is -2.09. The van der Waals surface area contributed by atoms with E-state index in [1.807, 2.05) is 36.6 Å². The molecule has 3 rings (SSSR count). The molecule has 110 valence electrons. The molecule has 3 aromatic rings. The van der Waals surface area contributed by atoms with Crippen molar-refractivity contribution in [3.63, 3.8) is 0 Å². The minimum absolute atomic E-state index is 0.239. The second-order valence-electron chi connectivity index (χ2n) is 4.79. The first-order valence-corrected chi connectivity index (χ1v) is 8.75. The number of pyridine rings is 1. The molecule has 0 N–H and O–H groups in total. The smallest absolute Gasteiger partial charge is 0.123 e. The SMILES string of the molecule is CSc1cc(-c2ccc(F)cc2)nc(-c2cccc(Br)c2)c1. The molecule has 0 unspecified atom stereocenters. The second kappa shape index (κ2) is 6.63. The summed E-state index contributed by atoms with van der Waals surface area (Å²) in [6.45, 7) is 0. The van der Waals surface area contributed by atoms with Crippen LogP contribution in [-0.4, -0.2) is 11.2 Å². The first kappa shape index (κ1) is 15.3. The van der Waals surface area contributed by atoms with Crippen LogP contribution in [0.15, 0.2) is 70.0 Å². The van der Waals surface area contributed by atoms with Crippen molar-refractivity contribution in [2.24, 2.45) is 0 Å². The van der Waals surface area contributed by atoms with E-state index in [-0.39, 0.29) is 5.82 Å². The molecule has 0 amide bonds. The van der Waals surface area contributed by atoms with E-state index in [1.54, 1.807) is 23.9 Å². The standard InChI is InChI=1S/C18H13BrFNS/c1-22-16-10-17(12-5-7-15(20)8-6-12)21-18(11-16)13-3-2-4-14(19)9-13/h2-11H,1H3. The van der Waals surface area contributed by atoms with Gasteiger partial charge in [-0.3, -0.25) is 0 Å².